The van der Waals surface area contributed by atoms with Gasteiger partial charge >= 0.3 is 0 Å². The first kappa shape index (κ1) is 18.3. The highest BCUT2D eigenvalue weighted by Gasteiger charge is 2.18. The second kappa shape index (κ2) is 7.52. The van der Waals surface area contributed by atoms with Gasteiger partial charge in [0, 0.05) is 32.3 Å². The van der Waals surface area contributed by atoms with Crippen LogP contribution in [-0.2, 0) is 13.0 Å². The summed E-state index contributed by atoms with van der Waals surface area (Å²) in [7, 11) is 4.15. The minimum atomic E-state index is 0. The van der Waals surface area contributed by atoms with E-state index in [2.05, 4.69) is 84.8 Å². The summed E-state index contributed by atoms with van der Waals surface area (Å²) in [6.45, 7) is 5.05. The molecule has 5 heteroatoms. The predicted molar refractivity (Wildman–Crippen MR) is 115 cm³/mol. The van der Waals surface area contributed by atoms with E-state index in [-0.39, 0.29) is 1.43 Å². The van der Waals surface area contributed by atoms with E-state index in [1.807, 2.05) is 12.3 Å². The first-order chi connectivity index (χ1) is 13.5. The van der Waals surface area contributed by atoms with E-state index in [1.165, 1.54) is 11.1 Å². The Morgan fingerprint density at radius 2 is 1.82 bits per heavy atom. The van der Waals surface area contributed by atoms with Gasteiger partial charge in [0.05, 0.1) is 17.1 Å². The summed E-state index contributed by atoms with van der Waals surface area (Å²) >= 11 is 0. The predicted octanol–water partition coefficient (Wildman–Crippen LogP) is 4.64. The lowest BCUT2D eigenvalue weighted by Gasteiger charge is -2.10. The number of benzene rings is 1. The SMILES string of the molecule is CCc1nccc(-c2c(-c3ccc(C)cc3)nc3cc(CN(C)C)ccn23)n1.[HH]. The molecule has 0 radical (unpaired) electrons. The molecule has 28 heavy (non-hydrogen) atoms. The van der Waals surface area contributed by atoms with Crippen LogP contribution in [0.3, 0.4) is 0 Å². The van der Waals surface area contributed by atoms with Crippen LogP contribution in [0, 0.1) is 6.92 Å². The maximum atomic E-state index is 5.00. The molecular weight excluding hydrogens is 346 g/mol. The Morgan fingerprint density at radius 1 is 1.04 bits per heavy atom. The maximum absolute atomic E-state index is 5.00. The van der Waals surface area contributed by atoms with Gasteiger partial charge in [-0.3, -0.25) is 4.40 Å². The van der Waals surface area contributed by atoms with Gasteiger partial charge < -0.3 is 4.90 Å². The Hall–Kier alpha value is -3.05. The van der Waals surface area contributed by atoms with Gasteiger partial charge in [-0.15, -0.1) is 0 Å². The topological polar surface area (TPSA) is 46.3 Å². The smallest absolute Gasteiger partial charge is 0.138 e. The van der Waals surface area contributed by atoms with Gasteiger partial charge in [0.1, 0.15) is 11.5 Å². The van der Waals surface area contributed by atoms with Crippen molar-refractivity contribution in [3.8, 4) is 22.6 Å². The van der Waals surface area contributed by atoms with Crippen molar-refractivity contribution in [1.29, 1.82) is 0 Å². The zero-order chi connectivity index (χ0) is 19.7. The van der Waals surface area contributed by atoms with Crippen molar-refractivity contribution in [3.63, 3.8) is 0 Å². The van der Waals surface area contributed by atoms with Crippen molar-refractivity contribution < 1.29 is 1.43 Å². The highest BCUT2D eigenvalue weighted by molar-refractivity contribution is 5.80. The van der Waals surface area contributed by atoms with Crippen LogP contribution >= 0.6 is 0 Å². The number of aromatic nitrogens is 4. The molecule has 3 aromatic heterocycles. The van der Waals surface area contributed by atoms with E-state index >= 15 is 0 Å². The third-order valence-corrected chi connectivity index (χ3v) is 4.78. The lowest BCUT2D eigenvalue weighted by Crippen LogP contribution is -2.10. The highest BCUT2D eigenvalue weighted by atomic mass is 15.1. The highest BCUT2D eigenvalue weighted by Crippen LogP contribution is 2.32. The molecule has 1 aromatic carbocycles. The van der Waals surface area contributed by atoms with Gasteiger partial charge in [-0.25, -0.2) is 15.0 Å². The van der Waals surface area contributed by atoms with Gasteiger partial charge in [0.15, 0.2) is 0 Å². The van der Waals surface area contributed by atoms with Gasteiger partial charge in [0.25, 0.3) is 0 Å². The number of rotatable bonds is 5. The van der Waals surface area contributed by atoms with Gasteiger partial charge in [0.2, 0.25) is 0 Å². The molecule has 0 atom stereocenters. The van der Waals surface area contributed by atoms with Gasteiger partial charge in [-0.1, -0.05) is 36.8 Å². The molecule has 0 aliphatic rings. The molecule has 4 rings (SSSR count). The van der Waals surface area contributed by atoms with Gasteiger partial charge in [-0.2, -0.15) is 0 Å². The molecule has 3 heterocycles. The Morgan fingerprint density at radius 3 is 2.54 bits per heavy atom. The lowest BCUT2D eigenvalue weighted by atomic mass is 10.1. The number of hydrogen-bond acceptors (Lipinski definition) is 4. The average molecular weight is 374 g/mol. The van der Waals surface area contributed by atoms with Crippen LogP contribution in [-0.4, -0.2) is 38.3 Å². The lowest BCUT2D eigenvalue weighted by molar-refractivity contribution is 0.402. The molecule has 0 amide bonds. The molecule has 0 aliphatic heterocycles. The molecule has 0 fully saturated rings. The summed E-state index contributed by atoms with van der Waals surface area (Å²) in [6.07, 6.45) is 4.74. The number of nitrogens with zero attached hydrogens (tertiary/aromatic N) is 5. The summed E-state index contributed by atoms with van der Waals surface area (Å²) < 4.78 is 2.14. The third-order valence-electron chi connectivity index (χ3n) is 4.78. The Kier molecular flexibility index (Phi) is 4.92. The fourth-order valence-electron chi connectivity index (χ4n) is 3.41. The summed E-state index contributed by atoms with van der Waals surface area (Å²) in [4.78, 5) is 16.3. The zero-order valence-corrected chi connectivity index (χ0v) is 16.8. The standard InChI is InChI=1S/C23H25N5.H2/c1-5-20-24-12-10-19(25-20)23-22(18-8-6-16(2)7-9-18)26-21-14-17(15-27(3)4)11-13-28(21)23;/h6-14H,5,15H2,1-4H3;1H. The van der Waals surface area contributed by atoms with Crippen LogP contribution in [0.2, 0.25) is 0 Å². The van der Waals surface area contributed by atoms with E-state index in [0.29, 0.717) is 0 Å². The molecule has 4 aromatic rings. The van der Waals surface area contributed by atoms with E-state index in [4.69, 9.17) is 9.97 Å². The van der Waals surface area contributed by atoms with E-state index in [9.17, 15) is 0 Å². The Balaban J connectivity index is 0.00000240. The molecule has 0 N–H and O–H groups in total. The van der Waals surface area contributed by atoms with Crippen LogP contribution in [0.15, 0.2) is 54.9 Å². The summed E-state index contributed by atoms with van der Waals surface area (Å²) in [6, 6.07) is 14.8. The van der Waals surface area contributed by atoms with Crippen LogP contribution in [0.25, 0.3) is 28.3 Å². The van der Waals surface area contributed by atoms with Crippen molar-refractivity contribution >= 4 is 5.65 Å². The largest absolute Gasteiger partial charge is 0.305 e. The number of hydrogen-bond donors (Lipinski definition) is 0. The second-order valence-electron chi connectivity index (χ2n) is 7.39. The first-order valence-corrected chi connectivity index (χ1v) is 9.60. The number of fused-ring (bicyclic) bond motifs is 1. The molecule has 0 bridgehead atoms. The summed E-state index contributed by atoms with van der Waals surface area (Å²) in [5.41, 5.74) is 7.35. The quantitative estimate of drug-likeness (QED) is 0.511. The summed E-state index contributed by atoms with van der Waals surface area (Å²) in [5.74, 6) is 0.839. The summed E-state index contributed by atoms with van der Waals surface area (Å²) in [5, 5.41) is 0. The van der Waals surface area contributed by atoms with E-state index in [0.717, 1.165) is 47.1 Å². The molecule has 0 unspecified atom stereocenters. The molecule has 0 aliphatic carbocycles. The average Bonchev–Trinajstić information content (AvgIpc) is 3.06. The first-order valence-electron chi connectivity index (χ1n) is 9.60. The minimum Gasteiger partial charge on any atom is -0.305 e. The van der Waals surface area contributed by atoms with E-state index in [1.54, 1.807) is 0 Å². The van der Waals surface area contributed by atoms with Crippen molar-refractivity contribution in [2.24, 2.45) is 0 Å². The maximum Gasteiger partial charge on any atom is 0.138 e. The van der Waals surface area contributed by atoms with Crippen molar-refractivity contribution in [2.45, 2.75) is 26.8 Å². The van der Waals surface area contributed by atoms with Crippen molar-refractivity contribution in [2.75, 3.05) is 14.1 Å². The Labute approximate surface area is 167 Å². The second-order valence-corrected chi connectivity index (χ2v) is 7.39. The molecule has 0 saturated carbocycles. The molecular formula is C23H27N5. The normalized spacial score (nSPS) is 11.5. The molecule has 5 nitrogen and oxygen atoms in total. The van der Waals surface area contributed by atoms with Crippen molar-refractivity contribution in [1.82, 2.24) is 24.3 Å². The Bertz CT molecular complexity index is 1120. The zero-order valence-electron chi connectivity index (χ0n) is 16.8. The fourth-order valence-corrected chi connectivity index (χ4v) is 3.41. The van der Waals surface area contributed by atoms with Crippen LogP contribution in [0.4, 0.5) is 0 Å². The molecule has 0 spiro atoms. The van der Waals surface area contributed by atoms with Crippen LogP contribution in [0.1, 0.15) is 25.3 Å². The van der Waals surface area contributed by atoms with Crippen LogP contribution < -0.4 is 0 Å². The molecule has 144 valence electrons. The minimum absolute atomic E-state index is 0. The fraction of sp³-hybridized carbons (Fsp3) is 0.261. The van der Waals surface area contributed by atoms with Gasteiger partial charge in [-0.05, 0) is 44.8 Å². The number of aryl methyl sites for hydroxylation is 2. The number of pyridine rings is 1. The number of imidazole rings is 1. The molecule has 0 saturated heterocycles. The van der Waals surface area contributed by atoms with E-state index < -0.39 is 0 Å². The van der Waals surface area contributed by atoms with Crippen LogP contribution in [0.5, 0.6) is 0 Å². The van der Waals surface area contributed by atoms with Crippen molar-refractivity contribution in [3.05, 3.63) is 71.8 Å². The monoisotopic (exact) mass is 373 g/mol. The third kappa shape index (κ3) is 3.53.